The van der Waals surface area contributed by atoms with Crippen LogP contribution in [0.15, 0.2) is 46.0 Å². The first kappa shape index (κ1) is 19.8. The van der Waals surface area contributed by atoms with E-state index in [-0.39, 0.29) is 11.4 Å². The van der Waals surface area contributed by atoms with Gasteiger partial charge in [0.05, 0.1) is 26.5 Å². The summed E-state index contributed by atoms with van der Waals surface area (Å²) in [7, 11) is 3.12. The van der Waals surface area contributed by atoms with Gasteiger partial charge in [0.25, 0.3) is 5.56 Å². The highest BCUT2D eigenvalue weighted by molar-refractivity contribution is 5.51. The number of hydrogen-bond donors (Lipinski definition) is 3. The monoisotopic (exact) mass is 410 g/mol. The zero-order chi connectivity index (χ0) is 21.4. The van der Waals surface area contributed by atoms with Gasteiger partial charge in [0.1, 0.15) is 11.6 Å². The van der Waals surface area contributed by atoms with E-state index in [1.54, 1.807) is 26.4 Å². The first-order valence-corrected chi connectivity index (χ1v) is 9.68. The molecule has 0 aliphatic carbocycles. The number of nitrogens with one attached hydrogen (secondary N) is 1. The number of rotatable bonds is 4. The summed E-state index contributed by atoms with van der Waals surface area (Å²) in [6.45, 7) is 2.65. The van der Waals surface area contributed by atoms with Gasteiger partial charge in [0.15, 0.2) is 11.5 Å². The smallest absolute Gasteiger partial charge is 0.335 e. The molecule has 8 heteroatoms. The Labute approximate surface area is 172 Å². The van der Waals surface area contributed by atoms with Gasteiger partial charge in [-0.1, -0.05) is 17.7 Å². The molecule has 1 aliphatic heterocycles. The van der Waals surface area contributed by atoms with Crippen LogP contribution in [-0.2, 0) is 6.42 Å². The maximum atomic E-state index is 12.8. The minimum absolute atomic E-state index is 0.128. The number of aromatic nitrogens is 2. The third kappa shape index (κ3) is 3.25. The summed E-state index contributed by atoms with van der Waals surface area (Å²) in [5.41, 5.74) is 2.18. The van der Waals surface area contributed by atoms with Crippen molar-refractivity contribution < 1.29 is 19.9 Å². The lowest BCUT2D eigenvalue weighted by molar-refractivity contribution is -0.690. The number of ether oxygens (including phenoxy) is 2. The van der Waals surface area contributed by atoms with Gasteiger partial charge in [-0.3, -0.25) is 9.78 Å². The minimum Gasteiger partial charge on any atom is -0.494 e. The summed E-state index contributed by atoms with van der Waals surface area (Å²) in [5.74, 6) is 0.787. The molecule has 4 N–H and O–H groups in total. The molecule has 156 valence electrons. The van der Waals surface area contributed by atoms with Crippen molar-refractivity contribution in [2.24, 2.45) is 0 Å². The van der Waals surface area contributed by atoms with Gasteiger partial charge < -0.3 is 19.9 Å². The van der Waals surface area contributed by atoms with Gasteiger partial charge in [0.2, 0.25) is 5.88 Å². The molecule has 1 aromatic heterocycles. The van der Waals surface area contributed by atoms with Crippen LogP contribution in [0.3, 0.4) is 0 Å². The van der Waals surface area contributed by atoms with Crippen LogP contribution in [0.2, 0.25) is 0 Å². The molecule has 0 saturated heterocycles. The Hall–Kier alpha value is -3.52. The molecule has 8 nitrogen and oxygen atoms in total. The Bertz CT molecular complexity index is 1210. The van der Waals surface area contributed by atoms with Crippen molar-refractivity contribution in [3.8, 4) is 23.1 Å². The molecule has 3 aromatic rings. The van der Waals surface area contributed by atoms with Gasteiger partial charge in [0, 0.05) is 12.0 Å². The van der Waals surface area contributed by atoms with Crippen molar-refractivity contribution in [2.45, 2.75) is 19.4 Å². The van der Waals surface area contributed by atoms with Gasteiger partial charge in [-0.05, 0) is 36.8 Å². The lowest BCUT2D eigenvalue weighted by Gasteiger charge is -2.26. The van der Waals surface area contributed by atoms with Crippen molar-refractivity contribution in [2.75, 3.05) is 20.8 Å². The van der Waals surface area contributed by atoms with E-state index in [0.29, 0.717) is 17.2 Å². The summed E-state index contributed by atoms with van der Waals surface area (Å²) >= 11 is 0. The largest absolute Gasteiger partial charge is 0.494 e. The molecule has 0 saturated carbocycles. The fourth-order valence-corrected chi connectivity index (χ4v) is 4.00. The van der Waals surface area contributed by atoms with Crippen LogP contribution in [0.5, 0.6) is 17.4 Å². The van der Waals surface area contributed by atoms with Crippen molar-refractivity contribution in [1.82, 2.24) is 9.55 Å². The second-order valence-corrected chi connectivity index (χ2v) is 7.33. The van der Waals surface area contributed by atoms with E-state index in [0.717, 1.165) is 34.2 Å². The van der Waals surface area contributed by atoms with Crippen LogP contribution < -0.4 is 26.0 Å². The Kier molecular flexibility index (Phi) is 5.09. The number of aryl methyl sites for hydroxylation is 1. The van der Waals surface area contributed by atoms with Gasteiger partial charge in [-0.15, -0.1) is 0 Å². The summed E-state index contributed by atoms with van der Waals surface area (Å²) in [6, 6.07) is 10.4. The molecule has 0 fully saturated rings. The highest BCUT2D eigenvalue weighted by atomic mass is 16.5. The van der Waals surface area contributed by atoms with Crippen molar-refractivity contribution >= 4 is 0 Å². The lowest BCUT2D eigenvalue weighted by atomic mass is 9.90. The second-order valence-electron chi connectivity index (χ2n) is 7.33. The summed E-state index contributed by atoms with van der Waals surface area (Å²) in [4.78, 5) is 27.6. The number of nitrogens with zero attached hydrogens (tertiary/aromatic N) is 1. The third-order valence-electron chi connectivity index (χ3n) is 5.52. The molecule has 2 heterocycles. The highest BCUT2D eigenvalue weighted by Gasteiger charge is 2.33. The number of methoxy groups -OCH3 is 2. The van der Waals surface area contributed by atoms with E-state index in [2.05, 4.69) is 4.98 Å². The Balaban J connectivity index is 1.93. The normalized spacial score (nSPS) is 15.5. The van der Waals surface area contributed by atoms with Crippen LogP contribution in [0.4, 0.5) is 0 Å². The Morgan fingerprint density at radius 1 is 1.10 bits per heavy atom. The summed E-state index contributed by atoms with van der Waals surface area (Å²) in [6.07, 6.45) is 0.780. The standard InChI is InChI=1S/C22H23N3O5/c1-12-4-6-14(7-5-12)25-21(27)18(20(26)24-22(25)28)19-15-11-17(30-3)16(29-2)10-13(15)8-9-23-19/h4-7,10-11,19,23,27H,8-9H2,1-3H3,(H,24,26,28)/p+1/t19-/m0/s1. The van der Waals surface area contributed by atoms with Crippen LogP contribution in [0, 0.1) is 6.92 Å². The highest BCUT2D eigenvalue weighted by Crippen LogP contribution is 2.36. The number of quaternary nitrogens is 1. The van der Waals surface area contributed by atoms with E-state index in [9.17, 15) is 14.7 Å². The molecule has 0 spiro atoms. The minimum atomic E-state index is -0.687. The zero-order valence-corrected chi connectivity index (χ0v) is 17.1. The van der Waals surface area contributed by atoms with E-state index in [1.165, 1.54) is 0 Å². The molecule has 30 heavy (non-hydrogen) atoms. The molecule has 1 atom stereocenters. The predicted octanol–water partition coefficient (Wildman–Crippen LogP) is 0.766. The zero-order valence-electron chi connectivity index (χ0n) is 17.1. The molecule has 2 aromatic carbocycles. The van der Waals surface area contributed by atoms with Crippen LogP contribution >= 0.6 is 0 Å². The second kappa shape index (κ2) is 7.72. The number of benzene rings is 2. The molecule has 1 aliphatic rings. The Morgan fingerprint density at radius 2 is 1.77 bits per heavy atom. The average molecular weight is 410 g/mol. The molecule has 4 rings (SSSR count). The number of aromatic amines is 1. The van der Waals surface area contributed by atoms with Crippen molar-refractivity contribution in [3.63, 3.8) is 0 Å². The topological polar surface area (TPSA) is 110 Å². The summed E-state index contributed by atoms with van der Waals surface area (Å²) in [5, 5.41) is 13.0. The molecular formula is C22H24N3O5+. The first-order valence-electron chi connectivity index (χ1n) is 9.68. The Morgan fingerprint density at radius 3 is 2.43 bits per heavy atom. The molecule has 0 amide bonds. The molecule has 0 radical (unpaired) electrons. The molecular weight excluding hydrogens is 386 g/mol. The van der Waals surface area contributed by atoms with Gasteiger partial charge >= 0.3 is 5.69 Å². The van der Waals surface area contributed by atoms with Crippen LogP contribution in [-0.4, -0.2) is 35.4 Å². The molecule has 0 unspecified atom stereocenters. The fourth-order valence-electron chi connectivity index (χ4n) is 4.00. The van der Waals surface area contributed by atoms with Crippen molar-refractivity contribution in [1.29, 1.82) is 0 Å². The van der Waals surface area contributed by atoms with Crippen LogP contribution in [0.1, 0.15) is 28.3 Å². The predicted molar refractivity (Wildman–Crippen MR) is 111 cm³/mol. The number of H-pyrrole nitrogens is 1. The fraction of sp³-hybridized carbons (Fsp3) is 0.273. The van der Waals surface area contributed by atoms with Crippen LogP contribution in [0.25, 0.3) is 5.69 Å². The van der Waals surface area contributed by atoms with E-state index < -0.39 is 17.3 Å². The van der Waals surface area contributed by atoms with E-state index >= 15 is 0 Å². The van der Waals surface area contributed by atoms with Gasteiger partial charge in [-0.25, -0.2) is 9.36 Å². The quantitative estimate of drug-likeness (QED) is 0.588. The van der Waals surface area contributed by atoms with E-state index in [1.807, 2.05) is 36.5 Å². The molecule has 0 bridgehead atoms. The number of nitrogens with two attached hydrogens (primary N) is 1. The lowest BCUT2D eigenvalue weighted by Crippen LogP contribution is -2.87. The number of hydrogen-bond acceptors (Lipinski definition) is 5. The number of aromatic hydroxyl groups is 1. The number of fused-ring (bicyclic) bond motifs is 1. The third-order valence-corrected chi connectivity index (χ3v) is 5.52. The average Bonchev–Trinajstić information content (AvgIpc) is 2.73. The van der Waals surface area contributed by atoms with E-state index in [4.69, 9.17) is 9.47 Å². The SMILES string of the molecule is COc1cc2c(cc1OC)[C@@H](c1c(O)n(-c3ccc(C)cc3)c(=O)[nH]c1=O)[NH2+]CC2. The first-order chi connectivity index (χ1) is 14.4. The maximum Gasteiger partial charge on any atom is 0.335 e. The van der Waals surface area contributed by atoms with Crippen molar-refractivity contribution in [3.05, 3.63) is 79.5 Å². The maximum absolute atomic E-state index is 12.8. The summed E-state index contributed by atoms with van der Waals surface area (Å²) < 4.78 is 11.9. The van der Waals surface area contributed by atoms with Gasteiger partial charge in [-0.2, -0.15) is 0 Å².